The highest BCUT2D eigenvalue weighted by atomic mass is 32.2. The lowest BCUT2D eigenvalue weighted by atomic mass is 10.1. The van der Waals surface area contributed by atoms with Crippen LogP contribution in [0.15, 0.2) is 23.1 Å². The van der Waals surface area contributed by atoms with E-state index in [2.05, 4.69) is 0 Å². The first-order valence-corrected chi connectivity index (χ1v) is 9.26. The number of sulfonamides is 1. The van der Waals surface area contributed by atoms with Crippen molar-refractivity contribution in [3.05, 3.63) is 23.8 Å². The van der Waals surface area contributed by atoms with E-state index in [1.165, 1.54) is 11.4 Å². The first kappa shape index (κ1) is 18.7. The number of methoxy groups -OCH3 is 1. The number of benzene rings is 1. The van der Waals surface area contributed by atoms with Gasteiger partial charge in [-0.25, -0.2) is 8.42 Å². The Labute approximate surface area is 142 Å². The van der Waals surface area contributed by atoms with E-state index in [9.17, 15) is 13.2 Å². The molecule has 0 saturated carbocycles. The van der Waals surface area contributed by atoms with Crippen LogP contribution in [0.25, 0.3) is 0 Å². The van der Waals surface area contributed by atoms with Crippen LogP contribution in [0, 0.1) is 6.92 Å². The van der Waals surface area contributed by atoms with Gasteiger partial charge in [-0.1, -0.05) is 6.07 Å². The first-order chi connectivity index (χ1) is 11.3. The molecule has 0 bridgehead atoms. The van der Waals surface area contributed by atoms with Gasteiger partial charge in [0.2, 0.25) is 10.0 Å². The Balaban J connectivity index is 2.13. The first-order valence-electron chi connectivity index (χ1n) is 7.82. The summed E-state index contributed by atoms with van der Waals surface area (Å²) in [6.45, 7) is 2.54. The molecule has 0 spiro atoms. The van der Waals surface area contributed by atoms with Gasteiger partial charge in [-0.15, -0.1) is 0 Å². The Hall–Kier alpha value is -1.64. The summed E-state index contributed by atoms with van der Waals surface area (Å²) in [5.74, 6) is -0.539. The van der Waals surface area contributed by atoms with Crippen LogP contribution in [0.5, 0.6) is 5.75 Å². The van der Waals surface area contributed by atoms with Crippen molar-refractivity contribution < 1.29 is 23.1 Å². The lowest BCUT2D eigenvalue weighted by Gasteiger charge is -2.35. The summed E-state index contributed by atoms with van der Waals surface area (Å²) < 4.78 is 32.5. The largest absolute Gasteiger partial charge is 0.495 e. The molecule has 1 saturated heterocycles. The van der Waals surface area contributed by atoms with Crippen LogP contribution in [0.3, 0.4) is 0 Å². The molecular formula is C16H24N2O5S. The number of aliphatic carboxylic acids is 1. The number of aryl methyl sites for hydroxylation is 1. The van der Waals surface area contributed by atoms with Gasteiger partial charge in [0.25, 0.3) is 0 Å². The van der Waals surface area contributed by atoms with E-state index in [1.807, 2.05) is 13.0 Å². The molecule has 0 atom stereocenters. The summed E-state index contributed by atoms with van der Waals surface area (Å²) in [6, 6.07) is 5.17. The molecule has 0 amide bonds. The van der Waals surface area contributed by atoms with Crippen LogP contribution < -0.4 is 4.74 Å². The van der Waals surface area contributed by atoms with Crippen LogP contribution in [0.2, 0.25) is 0 Å². The molecule has 0 unspecified atom stereocenters. The molecule has 7 nitrogen and oxygen atoms in total. The normalized spacial score (nSPS) is 17.2. The fourth-order valence-electron chi connectivity index (χ4n) is 2.99. The van der Waals surface area contributed by atoms with Crippen molar-refractivity contribution in [2.24, 2.45) is 0 Å². The molecule has 24 heavy (non-hydrogen) atoms. The second kappa shape index (κ2) is 7.50. The Kier molecular flexibility index (Phi) is 5.84. The van der Waals surface area contributed by atoms with Gasteiger partial charge in [0.15, 0.2) is 0 Å². The number of carbonyl (C=O) groups is 1. The standard InChI is InChI=1S/C16H24N2O5S/c1-12-4-5-14(23-3)15(10-12)24(21,22)18-8-6-13(7-9-18)17(2)11-16(19)20/h4-5,10,13H,6-9,11H2,1-3H3,(H,19,20). The number of rotatable bonds is 6. The highest BCUT2D eigenvalue weighted by molar-refractivity contribution is 7.89. The van der Waals surface area contributed by atoms with E-state index in [0.717, 1.165) is 5.56 Å². The molecule has 1 aliphatic rings. The van der Waals surface area contributed by atoms with Crippen LogP contribution >= 0.6 is 0 Å². The van der Waals surface area contributed by atoms with E-state index >= 15 is 0 Å². The third-order valence-corrected chi connectivity index (χ3v) is 6.29. The molecule has 0 aromatic heterocycles. The van der Waals surface area contributed by atoms with Gasteiger partial charge in [-0.05, 0) is 44.5 Å². The summed E-state index contributed by atoms with van der Waals surface area (Å²) in [4.78, 5) is 12.7. The van der Waals surface area contributed by atoms with Gasteiger partial charge < -0.3 is 9.84 Å². The average Bonchev–Trinajstić information content (AvgIpc) is 2.54. The van der Waals surface area contributed by atoms with E-state index < -0.39 is 16.0 Å². The molecule has 1 N–H and O–H groups in total. The van der Waals surface area contributed by atoms with Crippen molar-refractivity contribution in [1.29, 1.82) is 0 Å². The zero-order valence-electron chi connectivity index (χ0n) is 14.2. The molecular weight excluding hydrogens is 332 g/mol. The minimum atomic E-state index is -3.63. The quantitative estimate of drug-likeness (QED) is 0.823. The maximum Gasteiger partial charge on any atom is 0.317 e. The van der Waals surface area contributed by atoms with Crippen molar-refractivity contribution in [3.63, 3.8) is 0 Å². The number of likely N-dealkylation sites (N-methyl/N-ethyl adjacent to an activating group) is 1. The molecule has 1 aromatic carbocycles. The summed E-state index contributed by atoms with van der Waals surface area (Å²) in [7, 11) is -0.414. The van der Waals surface area contributed by atoms with E-state index in [-0.39, 0.29) is 17.5 Å². The van der Waals surface area contributed by atoms with Gasteiger partial charge in [-0.3, -0.25) is 9.69 Å². The Morgan fingerprint density at radius 3 is 2.54 bits per heavy atom. The molecule has 134 valence electrons. The summed E-state index contributed by atoms with van der Waals surface area (Å²) in [5.41, 5.74) is 0.852. The summed E-state index contributed by atoms with van der Waals surface area (Å²) in [5, 5.41) is 8.87. The maximum atomic E-state index is 12.9. The smallest absolute Gasteiger partial charge is 0.317 e. The van der Waals surface area contributed by atoms with Crippen LogP contribution in [0.4, 0.5) is 0 Å². The second-order valence-corrected chi connectivity index (χ2v) is 8.00. The minimum absolute atomic E-state index is 0.0386. The van der Waals surface area contributed by atoms with E-state index in [1.54, 1.807) is 24.1 Å². The van der Waals surface area contributed by atoms with Crippen molar-refractivity contribution in [2.75, 3.05) is 33.8 Å². The van der Waals surface area contributed by atoms with Gasteiger partial charge in [0.1, 0.15) is 10.6 Å². The SMILES string of the molecule is COc1ccc(C)cc1S(=O)(=O)N1CCC(N(C)CC(=O)O)CC1. The molecule has 8 heteroatoms. The van der Waals surface area contributed by atoms with Crippen LogP contribution in [0.1, 0.15) is 18.4 Å². The monoisotopic (exact) mass is 356 g/mol. The highest BCUT2D eigenvalue weighted by Gasteiger charge is 2.32. The molecule has 1 fully saturated rings. The van der Waals surface area contributed by atoms with Crippen molar-refractivity contribution in [3.8, 4) is 5.75 Å². The number of hydrogen-bond donors (Lipinski definition) is 1. The Bertz CT molecular complexity index is 696. The van der Waals surface area contributed by atoms with Gasteiger partial charge in [0, 0.05) is 19.1 Å². The lowest BCUT2D eigenvalue weighted by Crippen LogP contribution is -2.46. The molecule has 0 aliphatic carbocycles. The zero-order valence-corrected chi connectivity index (χ0v) is 15.0. The molecule has 0 radical (unpaired) electrons. The zero-order chi connectivity index (χ0) is 17.9. The van der Waals surface area contributed by atoms with Gasteiger partial charge in [-0.2, -0.15) is 4.31 Å². The minimum Gasteiger partial charge on any atom is -0.495 e. The third kappa shape index (κ3) is 4.06. The molecule has 1 aromatic rings. The summed E-state index contributed by atoms with van der Waals surface area (Å²) >= 11 is 0. The summed E-state index contributed by atoms with van der Waals surface area (Å²) in [6.07, 6.45) is 1.22. The van der Waals surface area contributed by atoms with E-state index in [4.69, 9.17) is 9.84 Å². The Morgan fingerprint density at radius 1 is 1.38 bits per heavy atom. The number of carboxylic acids is 1. The van der Waals surface area contributed by atoms with Crippen LogP contribution in [-0.2, 0) is 14.8 Å². The maximum absolute atomic E-state index is 12.9. The molecule has 2 rings (SSSR count). The van der Waals surface area contributed by atoms with Crippen molar-refractivity contribution in [1.82, 2.24) is 9.21 Å². The Morgan fingerprint density at radius 2 is 2.00 bits per heavy atom. The number of carboxylic acid groups (broad SMARTS) is 1. The van der Waals surface area contributed by atoms with Crippen molar-refractivity contribution in [2.45, 2.75) is 30.7 Å². The second-order valence-electron chi connectivity index (χ2n) is 6.10. The average molecular weight is 356 g/mol. The van der Waals surface area contributed by atoms with E-state index in [0.29, 0.717) is 31.7 Å². The molecule has 1 heterocycles. The van der Waals surface area contributed by atoms with Gasteiger partial charge >= 0.3 is 5.97 Å². The van der Waals surface area contributed by atoms with Crippen LogP contribution in [-0.4, -0.2) is 68.5 Å². The topological polar surface area (TPSA) is 87.2 Å². The lowest BCUT2D eigenvalue weighted by molar-refractivity contribution is -0.138. The van der Waals surface area contributed by atoms with Gasteiger partial charge in [0.05, 0.1) is 13.7 Å². The predicted octanol–water partition coefficient (Wildman–Crippen LogP) is 1.17. The molecule has 1 aliphatic heterocycles. The number of hydrogen-bond acceptors (Lipinski definition) is 5. The highest BCUT2D eigenvalue weighted by Crippen LogP contribution is 2.30. The number of piperidine rings is 1. The predicted molar refractivity (Wildman–Crippen MR) is 89.8 cm³/mol. The fraction of sp³-hybridized carbons (Fsp3) is 0.562. The number of ether oxygens (including phenoxy) is 1. The number of nitrogens with zero attached hydrogens (tertiary/aromatic N) is 2. The third-order valence-electron chi connectivity index (χ3n) is 4.37. The van der Waals surface area contributed by atoms with Crippen molar-refractivity contribution >= 4 is 16.0 Å². The fourth-order valence-corrected chi connectivity index (χ4v) is 4.70.